The number of nitrogens with zero attached hydrogens (tertiary/aromatic N) is 2. The Kier molecular flexibility index (Phi) is 5.63. The van der Waals surface area contributed by atoms with Crippen molar-refractivity contribution in [1.29, 1.82) is 0 Å². The maximum atomic E-state index is 12.6. The average molecular weight is 351 g/mol. The first-order valence-electron chi connectivity index (χ1n) is 8.47. The summed E-state index contributed by atoms with van der Waals surface area (Å²) in [5, 5.41) is 6.76. The molecule has 0 aliphatic carbocycles. The van der Waals surface area contributed by atoms with Crippen molar-refractivity contribution < 1.29 is 14.1 Å². The predicted octanol–water partition coefficient (Wildman–Crippen LogP) is 3.49. The zero-order chi connectivity index (χ0) is 18.4. The Labute approximate surface area is 152 Å². The summed E-state index contributed by atoms with van der Waals surface area (Å²) in [4.78, 5) is 16.7. The molecule has 1 amide bonds. The SMILES string of the molecule is Cc1nc(COc2ccccc2C(=O)NC[C@@H](C)c2ccccc2)no1. The highest BCUT2D eigenvalue weighted by Crippen LogP contribution is 2.20. The first kappa shape index (κ1) is 17.7. The van der Waals surface area contributed by atoms with Crippen LogP contribution in [0.15, 0.2) is 59.1 Å². The summed E-state index contributed by atoms with van der Waals surface area (Å²) in [7, 11) is 0. The van der Waals surface area contributed by atoms with Crippen LogP contribution in [-0.4, -0.2) is 22.6 Å². The number of amides is 1. The molecule has 3 aromatic rings. The van der Waals surface area contributed by atoms with Crippen LogP contribution in [0.2, 0.25) is 0 Å². The molecular weight excluding hydrogens is 330 g/mol. The van der Waals surface area contributed by atoms with Crippen molar-refractivity contribution in [3.8, 4) is 5.75 Å². The van der Waals surface area contributed by atoms with Crippen molar-refractivity contribution in [3.63, 3.8) is 0 Å². The van der Waals surface area contributed by atoms with E-state index >= 15 is 0 Å². The minimum atomic E-state index is -0.173. The molecule has 3 rings (SSSR count). The highest BCUT2D eigenvalue weighted by atomic mass is 16.5. The van der Waals surface area contributed by atoms with E-state index in [-0.39, 0.29) is 18.4 Å². The standard InChI is InChI=1S/C20H21N3O3/c1-14(16-8-4-3-5-9-16)12-21-20(24)17-10-6-7-11-18(17)25-13-19-22-15(2)26-23-19/h3-11,14H,12-13H2,1-2H3,(H,21,24)/t14-/m1/s1. The van der Waals surface area contributed by atoms with Gasteiger partial charge in [-0.25, -0.2) is 0 Å². The normalized spacial score (nSPS) is 11.8. The van der Waals surface area contributed by atoms with Crippen LogP contribution in [0.3, 0.4) is 0 Å². The molecule has 0 aliphatic heterocycles. The maximum Gasteiger partial charge on any atom is 0.255 e. The summed E-state index contributed by atoms with van der Waals surface area (Å²) in [5.41, 5.74) is 1.66. The van der Waals surface area contributed by atoms with Crippen molar-refractivity contribution in [3.05, 3.63) is 77.4 Å². The van der Waals surface area contributed by atoms with E-state index in [2.05, 4.69) is 34.5 Å². The topological polar surface area (TPSA) is 77.2 Å². The summed E-state index contributed by atoms with van der Waals surface area (Å²) in [5.74, 6) is 1.45. The lowest BCUT2D eigenvalue weighted by Crippen LogP contribution is -2.28. The molecule has 6 nitrogen and oxygen atoms in total. The molecule has 0 radical (unpaired) electrons. The Balaban J connectivity index is 1.62. The average Bonchev–Trinajstić information content (AvgIpc) is 3.10. The van der Waals surface area contributed by atoms with E-state index in [0.29, 0.717) is 29.6 Å². The Morgan fingerprint density at radius 2 is 1.88 bits per heavy atom. The lowest BCUT2D eigenvalue weighted by molar-refractivity contribution is 0.0947. The number of ether oxygens (including phenoxy) is 1. The number of nitrogens with one attached hydrogen (secondary N) is 1. The Morgan fingerprint density at radius 3 is 2.62 bits per heavy atom. The molecule has 26 heavy (non-hydrogen) atoms. The van der Waals surface area contributed by atoms with Crippen LogP contribution >= 0.6 is 0 Å². The fraction of sp³-hybridized carbons (Fsp3) is 0.250. The second-order valence-corrected chi connectivity index (χ2v) is 6.04. The monoisotopic (exact) mass is 351 g/mol. The fourth-order valence-electron chi connectivity index (χ4n) is 2.56. The predicted molar refractivity (Wildman–Crippen MR) is 97.0 cm³/mol. The van der Waals surface area contributed by atoms with Gasteiger partial charge in [-0.3, -0.25) is 4.79 Å². The van der Waals surface area contributed by atoms with E-state index in [1.165, 1.54) is 5.56 Å². The van der Waals surface area contributed by atoms with Crippen LogP contribution in [0, 0.1) is 6.92 Å². The molecule has 0 unspecified atom stereocenters. The Morgan fingerprint density at radius 1 is 1.15 bits per heavy atom. The summed E-state index contributed by atoms with van der Waals surface area (Å²) in [6.07, 6.45) is 0. The first-order chi connectivity index (χ1) is 12.6. The van der Waals surface area contributed by atoms with E-state index in [1.54, 1.807) is 25.1 Å². The van der Waals surface area contributed by atoms with Crippen LogP contribution in [0.4, 0.5) is 0 Å². The van der Waals surface area contributed by atoms with Crippen molar-refractivity contribution in [2.24, 2.45) is 0 Å². The molecule has 2 aromatic carbocycles. The third-order valence-corrected chi connectivity index (χ3v) is 4.00. The van der Waals surface area contributed by atoms with E-state index in [1.807, 2.05) is 24.3 Å². The zero-order valence-electron chi connectivity index (χ0n) is 14.8. The number of carbonyl (C=O) groups excluding carboxylic acids is 1. The Bertz CT molecular complexity index is 862. The number of aromatic nitrogens is 2. The van der Waals surface area contributed by atoms with Gasteiger partial charge >= 0.3 is 0 Å². The minimum Gasteiger partial charge on any atom is -0.485 e. The van der Waals surface area contributed by atoms with Gasteiger partial charge < -0.3 is 14.6 Å². The molecule has 6 heteroatoms. The first-order valence-corrected chi connectivity index (χ1v) is 8.47. The Hall–Kier alpha value is -3.15. The maximum absolute atomic E-state index is 12.6. The molecule has 1 aromatic heterocycles. The van der Waals surface area contributed by atoms with Gasteiger partial charge in [0.05, 0.1) is 5.56 Å². The van der Waals surface area contributed by atoms with Gasteiger partial charge in [0.1, 0.15) is 5.75 Å². The van der Waals surface area contributed by atoms with Gasteiger partial charge in [0, 0.05) is 13.5 Å². The van der Waals surface area contributed by atoms with Gasteiger partial charge in [-0.2, -0.15) is 4.98 Å². The van der Waals surface area contributed by atoms with Gasteiger partial charge in [-0.05, 0) is 23.6 Å². The third kappa shape index (κ3) is 4.47. The van der Waals surface area contributed by atoms with E-state index in [4.69, 9.17) is 9.26 Å². The molecule has 134 valence electrons. The van der Waals surface area contributed by atoms with Crippen LogP contribution in [0.5, 0.6) is 5.75 Å². The number of carbonyl (C=O) groups is 1. The molecule has 1 N–H and O–H groups in total. The van der Waals surface area contributed by atoms with Crippen molar-refractivity contribution in [2.75, 3.05) is 6.54 Å². The number of aryl methyl sites for hydroxylation is 1. The van der Waals surface area contributed by atoms with Crippen LogP contribution in [0.25, 0.3) is 0 Å². The minimum absolute atomic E-state index is 0.141. The quantitative estimate of drug-likeness (QED) is 0.705. The second kappa shape index (κ2) is 8.29. The molecular formula is C20H21N3O3. The van der Waals surface area contributed by atoms with Crippen LogP contribution in [0.1, 0.15) is 40.5 Å². The molecule has 0 aliphatic rings. The van der Waals surface area contributed by atoms with Gasteiger partial charge in [0.2, 0.25) is 11.7 Å². The van der Waals surface area contributed by atoms with Crippen molar-refractivity contribution in [1.82, 2.24) is 15.5 Å². The molecule has 0 spiro atoms. The van der Waals surface area contributed by atoms with Crippen molar-refractivity contribution in [2.45, 2.75) is 26.4 Å². The van der Waals surface area contributed by atoms with E-state index < -0.39 is 0 Å². The van der Waals surface area contributed by atoms with Gasteiger partial charge in [-0.1, -0.05) is 54.5 Å². The number of hydrogen-bond acceptors (Lipinski definition) is 5. The smallest absolute Gasteiger partial charge is 0.255 e. The summed E-state index contributed by atoms with van der Waals surface area (Å²) in [6.45, 7) is 4.48. The number of rotatable bonds is 7. The van der Waals surface area contributed by atoms with Crippen LogP contribution in [-0.2, 0) is 6.61 Å². The number of hydrogen-bond donors (Lipinski definition) is 1. The lowest BCUT2D eigenvalue weighted by atomic mass is 10.0. The van der Waals surface area contributed by atoms with E-state index in [0.717, 1.165) is 0 Å². The highest BCUT2D eigenvalue weighted by molar-refractivity contribution is 5.96. The molecule has 1 heterocycles. The molecule has 0 fully saturated rings. The van der Waals surface area contributed by atoms with E-state index in [9.17, 15) is 4.79 Å². The van der Waals surface area contributed by atoms with Gasteiger partial charge in [0.15, 0.2) is 6.61 Å². The molecule has 0 saturated carbocycles. The summed E-state index contributed by atoms with van der Waals surface area (Å²) >= 11 is 0. The largest absolute Gasteiger partial charge is 0.485 e. The van der Waals surface area contributed by atoms with Gasteiger partial charge in [-0.15, -0.1) is 0 Å². The second-order valence-electron chi connectivity index (χ2n) is 6.04. The zero-order valence-corrected chi connectivity index (χ0v) is 14.8. The number of para-hydroxylation sites is 1. The summed E-state index contributed by atoms with van der Waals surface area (Å²) < 4.78 is 10.6. The molecule has 0 saturated heterocycles. The third-order valence-electron chi connectivity index (χ3n) is 4.00. The van der Waals surface area contributed by atoms with Crippen molar-refractivity contribution >= 4 is 5.91 Å². The lowest BCUT2D eigenvalue weighted by Gasteiger charge is -2.14. The molecule has 1 atom stereocenters. The highest BCUT2D eigenvalue weighted by Gasteiger charge is 2.14. The van der Waals surface area contributed by atoms with Gasteiger partial charge in [0.25, 0.3) is 5.91 Å². The fourth-order valence-corrected chi connectivity index (χ4v) is 2.56. The molecule has 0 bridgehead atoms. The number of benzene rings is 2. The van der Waals surface area contributed by atoms with Crippen LogP contribution < -0.4 is 10.1 Å². The summed E-state index contributed by atoms with van der Waals surface area (Å²) in [6, 6.07) is 17.2.